The Morgan fingerprint density at radius 1 is 1.19 bits per heavy atom. The van der Waals surface area contributed by atoms with Gasteiger partial charge in [0.05, 0.1) is 6.20 Å². The zero-order valence-corrected chi connectivity index (χ0v) is 14.9. The summed E-state index contributed by atoms with van der Waals surface area (Å²) in [5, 5.41) is 9.41. The van der Waals surface area contributed by atoms with Gasteiger partial charge < -0.3 is 9.47 Å². The van der Waals surface area contributed by atoms with Gasteiger partial charge in [-0.15, -0.1) is 16.8 Å². The van der Waals surface area contributed by atoms with Gasteiger partial charge in [0.15, 0.2) is 22.5 Å². The van der Waals surface area contributed by atoms with Crippen molar-refractivity contribution < 1.29 is 9.47 Å². The second-order valence-corrected chi connectivity index (χ2v) is 6.47. The number of allylic oxidation sites excluding steroid dienone is 1. The minimum Gasteiger partial charge on any atom is -0.486 e. The molecule has 0 saturated carbocycles. The lowest BCUT2D eigenvalue weighted by molar-refractivity contribution is 0.170. The summed E-state index contributed by atoms with van der Waals surface area (Å²) in [7, 11) is 0. The highest BCUT2D eigenvalue weighted by atomic mass is 32.2. The van der Waals surface area contributed by atoms with Crippen LogP contribution in [-0.4, -0.2) is 37.9 Å². The average molecular weight is 367 g/mol. The van der Waals surface area contributed by atoms with Gasteiger partial charge in [-0.2, -0.15) is 0 Å². The first-order chi connectivity index (χ1) is 12.9. The maximum absolute atomic E-state index is 5.78. The van der Waals surface area contributed by atoms with Crippen LogP contribution >= 0.6 is 11.8 Å². The zero-order valence-electron chi connectivity index (χ0n) is 14.0. The number of fused-ring (bicyclic) bond motifs is 1. The highest BCUT2D eigenvalue weighted by molar-refractivity contribution is 7.98. The summed E-state index contributed by atoms with van der Waals surface area (Å²) in [6.07, 6.45) is 6.77. The van der Waals surface area contributed by atoms with Gasteiger partial charge >= 0.3 is 0 Å². The predicted molar refractivity (Wildman–Crippen MR) is 98.2 cm³/mol. The van der Waals surface area contributed by atoms with Gasteiger partial charge in [0.1, 0.15) is 18.9 Å². The number of nitrogens with zero attached hydrogens (tertiary/aromatic N) is 5. The number of benzene rings is 1. The number of rotatable bonds is 6. The van der Waals surface area contributed by atoms with Crippen molar-refractivity contribution in [1.82, 2.24) is 24.7 Å². The van der Waals surface area contributed by atoms with Crippen LogP contribution in [0.4, 0.5) is 0 Å². The monoisotopic (exact) mass is 367 g/mol. The highest BCUT2D eigenvalue weighted by Gasteiger charge is 2.18. The van der Waals surface area contributed by atoms with Crippen molar-refractivity contribution in [2.75, 3.05) is 13.2 Å². The van der Waals surface area contributed by atoms with Crippen LogP contribution in [0, 0.1) is 0 Å². The Bertz CT molecular complexity index is 913. The quantitative estimate of drug-likeness (QED) is 0.490. The summed E-state index contributed by atoms with van der Waals surface area (Å²) in [6.45, 7) is 5.57. The summed E-state index contributed by atoms with van der Waals surface area (Å²) in [5.74, 6) is 2.98. The third kappa shape index (κ3) is 3.28. The summed E-state index contributed by atoms with van der Waals surface area (Å²) in [6, 6.07) is 5.94. The molecule has 0 N–H and O–H groups in total. The predicted octanol–water partition coefficient (Wildman–Crippen LogP) is 2.98. The van der Waals surface area contributed by atoms with Crippen LogP contribution in [0.1, 0.15) is 5.56 Å². The molecule has 1 aromatic carbocycles. The fraction of sp³-hybridized carbons (Fsp3) is 0.222. The van der Waals surface area contributed by atoms with Crippen molar-refractivity contribution in [3.05, 3.63) is 55.0 Å². The Morgan fingerprint density at radius 2 is 2.12 bits per heavy atom. The largest absolute Gasteiger partial charge is 0.486 e. The van der Waals surface area contributed by atoms with Gasteiger partial charge in [0.25, 0.3) is 0 Å². The third-order valence-corrected chi connectivity index (χ3v) is 4.84. The second kappa shape index (κ2) is 7.57. The molecule has 0 unspecified atom stereocenters. The number of para-hydroxylation sites is 1. The molecule has 132 valence electrons. The van der Waals surface area contributed by atoms with Crippen molar-refractivity contribution in [3.8, 4) is 23.0 Å². The van der Waals surface area contributed by atoms with Crippen molar-refractivity contribution >= 4 is 11.8 Å². The van der Waals surface area contributed by atoms with E-state index in [0.717, 1.165) is 22.2 Å². The van der Waals surface area contributed by atoms with Crippen molar-refractivity contribution in [2.45, 2.75) is 17.5 Å². The zero-order chi connectivity index (χ0) is 17.8. The number of thioether (sulfide) groups is 1. The highest BCUT2D eigenvalue weighted by Crippen LogP contribution is 2.37. The number of ether oxygens (including phenoxy) is 2. The molecule has 4 rings (SSSR count). The lowest BCUT2D eigenvalue weighted by atomic mass is 10.2. The molecule has 0 radical (unpaired) electrons. The summed E-state index contributed by atoms with van der Waals surface area (Å²) >= 11 is 1.59. The Labute approximate surface area is 155 Å². The van der Waals surface area contributed by atoms with Crippen molar-refractivity contribution in [3.63, 3.8) is 0 Å². The van der Waals surface area contributed by atoms with E-state index >= 15 is 0 Å². The van der Waals surface area contributed by atoms with Gasteiger partial charge in [-0.3, -0.25) is 9.55 Å². The molecule has 1 aliphatic rings. The van der Waals surface area contributed by atoms with E-state index in [-0.39, 0.29) is 0 Å². The van der Waals surface area contributed by atoms with Crippen molar-refractivity contribution in [1.29, 1.82) is 0 Å². The fourth-order valence-electron chi connectivity index (χ4n) is 2.68. The average Bonchev–Trinajstić information content (AvgIpc) is 3.10. The van der Waals surface area contributed by atoms with Crippen LogP contribution in [0.2, 0.25) is 0 Å². The molecule has 1 aliphatic heterocycles. The molecular weight excluding hydrogens is 350 g/mol. The van der Waals surface area contributed by atoms with Gasteiger partial charge in [-0.1, -0.05) is 30.0 Å². The van der Waals surface area contributed by atoms with E-state index in [9.17, 15) is 0 Å². The Hall–Kier alpha value is -2.87. The van der Waals surface area contributed by atoms with Gasteiger partial charge in [0, 0.05) is 30.3 Å². The maximum atomic E-state index is 5.78. The van der Waals surface area contributed by atoms with Gasteiger partial charge in [-0.25, -0.2) is 4.98 Å². The summed E-state index contributed by atoms with van der Waals surface area (Å²) in [5.41, 5.74) is 1.75. The molecule has 0 saturated heterocycles. The standard InChI is InChI=1S/C18H17N5O2S/c1-2-8-23-17(14-11-19-6-7-20-14)21-22-18(23)26-12-13-4-3-5-15-16(13)25-10-9-24-15/h2-7,11H,1,8-10,12H2. The topological polar surface area (TPSA) is 75.0 Å². The SMILES string of the molecule is C=CCn1c(SCc2cccc3c2OCCO3)nnc1-c1cnccn1. The smallest absolute Gasteiger partial charge is 0.192 e. The Kier molecular flexibility index (Phi) is 4.83. The molecule has 8 heteroatoms. The van der Waals surface area contributed by atoms with Gasteiger partial charge in [-0.05, 0) is 6.07 Å². The molecule has 0 atom stereocenters. The van der Waals surface area contributed by atoms with Crippen LogP contribution in [0.25, 0.3) is 11.5 Å². The van der Waals surface area contributed by atoms with Crippen LogP contribution in [0.15, 0.2) is 54.6 Å². The number of hydrogen-bond acceptors (Lipinski definition) is 7. The minimum absolute atomic E-state index is 0.568. The first-order valence-electron chi connectivity index (χ1n) is 8.17. The lowest BCUT2D eigenvalue weighted by Crippen LogP contribution is -2.16. The Morgan fingerprint density at radius 3 is 2.96 bits per heavy atom. The number of aromatic nitrogens is 5. The lowest BCUT2D eigenvalue weighted by Gasteiger charge is -2.20. The molecule has 26 heavy (non-hydrogen) atoms. The van der Waals surface area contributed by atoms with Gasteiger partial charge in [0.2, 0.25) is 0 Å². The molecule has 0 fully saturated rings. The van der Waals surface area contributed by atoms with E-state index < -0.39 is 0 Å². The normalized spacial score (nSPS) is 12.8. The van der Waals surface area contributed by atoms with Crippen molar-refractivity contribution in [2.24, 2.45) is 0 Å². The Balaban J connectivity index is 1.59. The van der Waals surface area contributed by atoms with E-state index in [4.69, 9.17) is 9.47 Å². The second-order valence-electron chi connectivity index (χ2n) is 5.53. The molecule has 2 aromatic heterocycles. The molecule has 0 aliphatic carbocycles. The first kappa shape index (κ1) is 16.6. The van der Waals surface area contributed by atoms with E-state index in [1.165, 1.54) is 0 Å². The van der Waals surface area contributed by atoms with Crippen LogP contribution in [0.5, 0.6) is 11.5 Å². The van der Waals surface area contributed by atoms with E-state index in [0.29, 0.717) is 37.0 Å². The van der Waals surface area contributed by atoms with Crippen LogP contribution in [0.3, 0.4) is 0 Å². The minimum atomic E-state index is 0.568. The first-order valence-corrected chi connectivity index (χ1v) is 9.16. The van der Waals surface area contributed by atoms with Crippen LogP contribution in [-0.2, 0) is 12.3 Å². The van der Waals surface area contributed by atoms with E-state index in [1.807, 2.05) is 28.8 Å². The fourth-order valence-corrected chi connectivity index (χ4v) is 3.61. The summed E-state index contributed by atoms with van der Waals surface area (Å²) < 4.78 is 13.4. The molecule has 0 bridgehead atoms. The third-order valence-electron chi connectivity index (χ3n) is 3.83. The number of hydrogen-bond donors (Lipinski definition) is 0. The maximum Gasteiger partial charge on any atom is 0.192 e. The molecule has 7 nitrogen and oxygen atoms in total. The summed E-state index contributed by atoms with van der Waals surface area (Å²) in [4.78, 5) is 8.42. The van der Waals surface area contributed by atoms with E-state index in [1.54, 1.807) is 30.4 Å². The molecule has 3 heterocycles. The molecule has 3 aromatic rings. The van der Waals surface area contributed by atoms with Crippen LogP contribution < -0.4 is 9.47 Å². The molecule has 0 spiro atoms. The van der Waals surface area contributed by atoms with E-state index in [2.05, 4.69) is 26.7 Å². The molecular formula is C18H17N5O2S. The molecule has 0 amide bonds.